The molecular formula is C16H20ClNO. The summed E-state index contributed by atoms with van der Waals surface area (Å²) >= 11 is 0. The van der Waals surface area contributed by atoms with Gasteiger partial charge in [0.15, 0.2) is 0 Å². The lowest BCUT2D eigenvalue weighted by Gasteiger charge is -2.07. The molecule has 2 aromatic carbocycles. The molecule has 2 nitrogen and oxygen atoms in total. The van der Waals surface area contributed by atoms with Gasteiger partial charge in [-0.25, -0.2) is 0 Å². The summed E-state index contributed by atoms with van der Waals surface area (Å²) in [4.78, 5) is 0. The molecular weight excluding hydrogens is 258 g/mol. The maximum atomic E-state index is 5.74. The maximum absolute atomic E-state index is 5.74. The minimum absolute atomic E-state index is 0. The van der Waals surface area contributed by atoms with Gasteiger partial charge in [0.25, 0.3) is 0 Å². The van der Waals surface area contributed by atoms with Gasteiger partial charge in [-0.1, -0.05) is 42.0 Å². The van der Waals surface area contributed by atoms with Gasteiger partial charge in [0.1, 0.15) is 12.4 Å². The summed E-state index contributed by atoms with van der Waals surface area (Å²) in [6.07, 6.45) is 0. The standard InChI is InChI=1S/C16H19NO.ClH/c1-13-3-5-15(6-4-13)12-18-16-9-7-14(8-10-16)11-17-2;/h3-10,17H,11-12H2,1-2H3;1H. The molecule has 1 N–H and O–H groups in total. The highest BCUT2D eigenvalue weighted by molar-refractivity contribution is 5.85. The van der Waals surface area contributed by atoms with Crippen molar-refractivity contribution >= 4 is 12.4 Å². The molecule has 0 fully saturated rings. The minimum atomic E-state index is 0. The lowest BCUT2D eigenvalue weighted by atomic mass is 10.2. The van der Waals surface area contributed by atoms with E-state index in [9.17, 15) is 0 Å². The van der Waals surface area contributed by atoms with E-state index in [-0.39, 0.29) is 12.4 Å². The molecule has 0 aliphatic rings. The lowest BCUT2D eigenvalue weighted by molar-refractivity contribution is 0.306. The Labute approximate surface area is 121 Å². The molecule has 0 unspecified atom stereocenters. The van der Waals surface area contributed by atoms with E-state index in [1.165, 1.54) is 16.7 Å². The smallest absolute Gasteiger partial charge is 0.119 e. The molecule has 0 amide bonds. The van der Waals surface area contributed by atoms with E-state index in [1.54, 1.807) is 0 Å². The summed E-state index contributed by atoms with van der Waals surface area (Å²) in [5.74, 6) is 0.912. The molecule has 0 spiro atoms. The average molecular weight is 278 g/mol. The van der Waals surface area contributed by atoms with Crippen molar-refractivity contribution in [3.8, 4) is 5.75 Å². The number of benzene rings is 2. The first-order valence-electron chi connectivity index (χ1n) is 6.20. The van der Waals surface area contributed by atoms with Crippen LogP contribution >= 0.6 is 12.4 Å². The van der Waals surface area contributed by atoms with Crippen LogP contribution in [0.15, 0.2) is 48.5 Å². The fraction of sp³-hybridized carbons (Fsp3) is 0.250. The molecule has 19 heavy (non-hydrogen) atoms. The molecule has 3 heteroatoms. The van der Waals surface area contributed by atoms with Gasteiger partial charge in [-0.05, 0) is 37.2 Å². The van der Waals surface area contributed by atoms with Crippen LogP contribution in [-0.4, -0.2) is 7.05 Å². The topological polar surface area (TPSA) is 21.3 Å². The van der Waals surface area contributed by atoms with Gasteiger partial charge in [-0.15, -0.1) is 12.4 Å². The molecule has 0 saturated heterocycles. The number of aryl methyl sites for hydroxylation is 1. The Bertz CT molecular complexity index is 479. The van der Waals surface area contributed by atoms with Crippen molar-refractivity contribution < 1.29 is 4.74 Å². The summed E-state index contributed by atoms with van der Waals surface area (Å²) in [6.45, 7) is 3.59. The monoisotopic (exact) mass is 277 g/mol. The maximum Gasteiger partial charge on any atom is 0.119 e. The highest BCUT2D eigenvalue weighted by atomic mass is 35.5. The Balaban J connectivity index is 0.00000180. The van der Waals surface area contributed by atoms with Crippen molar-refractivity contribution in [2.75, 3.05) is 7.05 Å². The molecule has 0 aliphatic heterocycles. The molecule has 0 radical (unpaired) electrons. The van der Waals surface area contributed by atoms with Crippen LogP contribution in [-0.2, 0) is 13.2 Å². The van der Waals surface area contributed by atoms with Crippen molar-refractivity contribution in [3.63, 3.8) is 0 Å². The molecule has 102 valence electrons. The molecule has 0 bridgehead atoms. The molecule has 2 aromatic rings. The van der Waals surface area contributed by atoms with Gasteiger partial charge in [-0.3, -0.25) is 0 Å². The zero-order valence-electron chi connectivity index (χ0n) is 11.3. The molecule has 0 aliphatic carbocycles. The van der Waals surface area contributed by atoms with Gasteiger partial charge >= 0.3 is 0 Å². The summed E-state index contributed by atoms with van der Waals surface area (Å²) in [6, 6.07) is 16.6. The second-order valence-electron chi connectivity index (χ2n) is 4.45. The quantitative estimate of drug-likeness (QED) is 0.899. The Morgan fingerprint density at radius 3 is 2.05 bits per heavy atom. The van der Waals surface area contributed by atoms with E-state index in [2.05, 4.69) is 48.6 Å². The first-order chi connectivity index (χ1) is 8.78. The van der Waals surface area contributed by atoms with E-state index in [0.29, 0.717) is 6.61 Å². The zero-order chi connectivity index (χ0) is 12.8. The van der Waals surface area contributed by atoms with Gasteiger partial charge in [-0.2, -0.15) is 0 Å². The number of rotatable bonds is 5. The van der Waals surface area contributed by atoms with Crippen molar-refractivity contribution in [1.82, 2.24) is 5.32 Å². The van der Waals surface area contributed by atoms with Crippen molar-refractivity contribution in [3.05, 3.63) is 65.2 Å². The number of nitrogens with one attached hydrogen (secondary N) is 1. The SMILES string of the molecule is CNCc1ccc(OCc2ccc(C)cc2)cc1.Cl. The van der Waals surface area contributed by atoms with Crippen LogP contribution in [0.3, 0.4) is 0 Å². The van der Waals surface area contributed by atoms with Gasteiger partial charge in [0.2, 0.25) is 0 Å². The van der Waals surface area contributed by atoms with E-state index < -0.39 is 0 Å². The first kappa shape index (κ1) is 15.5. The van der Waals surface area contributed by atoms with Gasteiger partial charge in [0, 0.05) is 6.54 Å². The van der Waals surface area contributed by atoms with E-state index in [4.69, 9.17) is 4.74 Å². The second kappa shape index (κ2) is 7.82. The van der Waals surface area contributed by atoms with Crippen molar-refractivity contribution in [1.29, 1.82) is 0 Å². The zero-order valence-corrected chi connectivity index (χ0v) is 12.2. The minimum Gasteiger partial charge on any atom is -0.489 e. The van der Waals surface area contributed by atoms with Crippen LogP contribution in [0.4, 0.5) is 0 Å². The van der Waals surface area contributed by atoms with Crippen LogP contribution in [0, 0.1) is 6.92 Å². The Morgan fingerprint density at radius 1 is 0.895 bits per heavy atom. The van der Waals surface area contributed by atoms with Crippen molar-refractivity contribution in [2.24, 2.45) is 0 Å². The predicted octanol–water partition coefficient (Wildman–Crippen LogP) is 3.72. The molecule has 0 atom stereocenters. The third-order valence-corrected chi connectivity index (χ3v) is 2.83. The second-order valence-corrected chi connectivity index (χ2v) is 4.45. The normalized spacial score (nSPS) is 9.79. The van der Waals surface area contributed by atoms with Crippen LogP contribution < -0.4 is 10.1 Å². The first-order valence-corrected chi connectivity index (χ1v) is 6.20. The summed E-state index contributed by atoms with van der Waals surface area (Å²) < 4.78 is 5.74. The fourth-order valence-electron chi connectivity index (χ4n) is 1.76. The lowest BCUT2D eigenvalue weighted by Crippen LogP contribution is -2.04. The highest BCUT2D eigenvalue weighted by Gasteiger charge is 1.97. The Hall–Kier alpha value is -1.51. The van der Waals surface area contributed by atoms with E-state index in [0.717, 1.165) is 12.3 Å². The summed E-state index contributed by atoms with van der Waals surface area (Å²) in [7, 11) is 1.95. The summed E-state index contributed by atoms with van der Waals surface area (Å²) in [5.41, 5.74) is 3.73. The molecule has 0 heterocycles. The number of hydrogen-bond donors (Lipinski definition) is 1. The third kappa shape index (κ3) is 4.93. The fourth-order valence-corrected chi connectivity index (χ4v) is 1.76. The molecule has 0 saturated carbocycles. The van der Waals surface area contributed by atoms with Crippen LogP contribution in [0.25, 0.3) is 0 Å². The molecule has 0 aromatic heterocycles. The predicted molar refractivity (Wildman–Crippen MR) is 82.0 cm³/mol. The Kier molecular flexibility index (Phi) is 6.40. The average Bonchev–Trinajstić information content (AvgIpc) is 2.40. The van der Waals surface area contributed by atoms with Gasteiger partial charge < -0.3 is 10.1 Å². The number of ether oxygens (including phenoxy) is 1. The van der Waals surface area contributed by atoms with E-state index in [1.807, 2.05) is 19.2 Å². The molecule has 2 rings (SSSR count). The summed E-state index contributed by atoms with van der Waals surface area (Å²) in [5, 5.41) is 3.13. The van der Waals surface area contributed by atoms with Gasteiger partial charge in [0.05, 0.1) is 0 Å². The van der Waals surface area contributed by atoms with Crippen molar-refractivity contribution in [2.45, 2.75) is 20.1 Å². The largest absolute Gasteiger partial charge is 0.489 e. The number of halogens is 1. The highest BCUT2D eigenvalue weighted by Crippen LogP contribution is 2.14. The van der Waals surface area contributed by atoms with Crippen LogP contribution in [0.5, 0.6) is 5.75 Å². The number of hydrogen-bond acceptors (Lipinski definition) is 2. The third-order valence-electron chi connectivity index (χ3n) is 2.83. The van der Waals surface area contributed by atoms with Crippen LogP contribution in [0.2, 0.25) is 0 Å². The van der Waals surface area contributed by atoms with E-state index >= 15 is 0 Å². The Morgan fingerprint density at radius 2 is 1.47 bits per heavy atom. The van der Waals surface area contributed by atoms with Crippen LogP contribution in [0.1, 0.15) is 16.7 Å².